The third kappa shape index (κ3) is 1.69. The van der Waals surface area contributed by atoms with Crippen LogP contribution in [0.2, 0.25) is 5.02 Å². The van der Waals surface area contributed by atoms with Crippen molar-refractivity contribution >= 4 is 28.6 Å². The molecule has 2 aromatic rings. The van der Waals surface area contributed by atoms with Gasteiger partial charge < -0.3 is 10.3 Å². The van der Waals surface area contributed by atoms with Crippen LogP contribution >= 0.6 is 11.6 Å². The molecule has 1 aromatic heterocycles. The van der Waals surface area contributed by atoms with E-state index in [2.05, 4.69) is 23.4 Å². The summed E-state index contributed by atoms with van der Waals surface area (Å²) in [5, 5.41) is 0.727. The molecule has 0 saturated heterocycles. The van der Waals surface area contributed by atoms with Gasteiger partial charge in [0.2, 0.25) is 5.95 Å². The summed E-state index contributed by atoms with van der Waals surface area (Å²) in [6, 6.07) is 5.74. The fourth-order valence-electron chi connectivity index (χ4n) is 2.45. The van der Waals surface area contributed by atoms with Crippen LogP contribution in [0.15, 0.2) is 18.2 Å². The number of anilines is 1. The number of hydrogen-bond acceptors (Lipinski definition) is 2. The monoisotopic (exact) mass is 249 g/mol. The number of para-hydroxylation sites is 1. The second-order valence-electron chi connectivity index (χ2n) is 5.58. The third-order valence-electron chi connectivity index (χ3n) is 3.87. The highest BCUT2D eigenvalue weighted by Crippen LogP contribution is 2.53. The Balaban J connectivity index is 2.06. The second-order valence-corrected chi connectivity index (χ2v) is 5.99. The lowest BCUT2D eigenvalue weighted by molar-refractivity contribution is 0.507. The van der Waals surface area contributed by atoms with E-state index in [1.807, 2.05) is 18.2 Å². The Hall–Kier alpha value is -1.22. The standard InChI is InChI=1S/C13H16ClN3/c1-13(2)6-8(13)7-17-11-9(14)4-3-5-10(11)16-12(17)15/h3-5,8H,6-7H2,1-2H3,(H2,15,16). The minimum absolute atomic E-state index is 0.435. The van der Waals surface area contributed by atoms with Crippen LogP contribution in [-0.2, 0) is 6.54 Å². The largest absolute Gasteiger partial charge is 0.369 e. The maximum atomic E-state index is 6.23. The fourth-order valence-corrected chi connectivity index (χ4v) is 2.72. The van der Waals surface area contributed by atoms with E-state index < -0.39 is 0 Å². The minimum Gasteiger partial charge on any atom is -0.369 e. The first-order chi connectivity index (χ1) is 7.99. The van der Waals surface area contributed by atoms with Gasteiger partial charge in [-0.05, 0) is 29.9 Å². The first-order valence-electron chi connectivity index (χ1n) is 5.89. The zero-order valence-corrected chi connectivity index (χ0v) is 10.8. The minimum atomic E-state index is 0.435. The third-order valence-corrected chi connectivity index (χ3v) is 4.17. The van der Waals surface area contributed by atoms with Crippen molar-refractivity contribution in [2.24, 2.45) is 11.3 Å². The van der Waals surface area contributed by atoms with Crippen LogP contribution in [0.25, 0.3) is 11.0 Å². The normalized spacial score (nSPS) is 21.9. The Kier molecular flexibility index (Phi) is 2.17. The number of imidazole rings is 1. The highest BCUT2D eigenvalue weighted by molar-refractivity contribution is 6.35. The maximum absolute atomic E-state index is 6.23. The van der Waals surface area contributed by atoms with Crippen molar-refractivity contribution in [1.82, 2.24) is 9.55 Å². The van der Waals surface area contributed by atoms with Crippen LogP contribution in [0.3, 0.4) is 0 Å². The molecular formula is C13H16ClN3. The first-order valence-corrected chi connectivity index (χ1v) is 6.27. The van der Waals surface area contributed by atoms with Crippen LogP contribution in [0.4, 0.5) is 5.95 Å². The summed E-state index contributed by atoms with van der Waals surface area (Å²) in [5.41, 5.74) is 8.26. The van der Waals surface area contributed by atoms with Crippen molar-refractivity contribution in [2.75, 3.05) is 5.73 Å². The van der Waals surface area contributed by atoms with Crippen LogP contribution < -0.4 is 5.73 Å². The predicted molar refractivity (Wildman–Crippen MR) is 71.0 cm³/mol. The lowest BCUT2D eigenvalue weighted by atomic mass is 10.1. The highest BCUT2D eigenvalue weighted by atomic mass is 35.5. The van der Waals surface area contributed by atoms with Crippen molar-refractivity contribution in [2.45, 2.75) is 26.8 Å². The van der Waals surface area contributed by atoms with E-state index in [-0.39, 0.29) is 0 Å². The Morgan fingerprint density at radius 3 is 2.88 bits per heavy atom. The fraction of sp³-hybridized carbons (Fsp3) is 0.462. The van der Waals surface area contributed by atoms with E-state index in [1.54, 1.807) is 0 Å². The number of halogens is 1. The number of nitrogen functional groups attached to an aromatic ring is 1. The number of fused-ring (bicyclic) bond motifs is 1. The molecular weight excluding hydrogens is 234 g/mol. The predicted octanol–water partition coefficient (Wildman–Crippen LogP) is 3.32. The Morgan fingerprint density at radius 1 is 1.53 bits per heavy atom. The smallest absolute Gasteiger partial charge is 0.201 e. The SMILES string of the molecule is CC1(C)CC1Cn1c(N)nc2cccc(Cl)c21. The summed E-state index contributed by atoms with van der Waals surface area (Å²) < 4.78 is 2.05. The first kappa shape index (κ1) is 10.9. The highest BCUT2D eigenvalue weighted by Gasteiger charge is 2.45. The Bertz CT molecular complexity index is 586. The summed E-state index contributed by atoms with van der Waals surface area (Å²) in [6.45, 7) is 5.49. The van der Waals surface area contributed by atoms with Crippen LogP contribution in [0.1, 0.15) is 20.3 Å². The van der Waals surface area contributed by atoms with Crippen LogP contribution in [-0.4, -0.2) is 9.55 Å². The van der Waals surface area contributed by atoms with Crippen molar-refractivity contribution in [3.05, 3.63) is 23.2 Å². The van der Waals surface area contributed by atoms with E-state index >= 15 is 0 Å². The van der Waals surface area contributed by atoms with Gasteiger partial charge in [-0.1, -0.05) is 31.5 Å². The molecule has 1 aliphatic carbocycles. The van der Waals surface area contributed by atoms with E-state index in [0.717, 1.165) is 22.6 Å². The van der Waals surface area contributed by atoms with Gasteiger partial charge in [-0.3, -0.25) is 0 Å². The molecule has 1 aromatic carbocycles. The molecule has 1 heterocycles. The van der Waals surface area contributed by atoms with Gasteiger partial charge >= 0.3 is 0 Å². The van der Waals surface area contributed by atoms with Gasteiger partial charge in [-0.15, -0.1) is 0 Å². The summed E-state index contributed by atoms with van der Waals surface area (Å²) in [7, 11) is 0. The molecule has 4 heteroatoms. The lowest BCUT2D eigenvalue weighted by Crippen LogP contribution is -2.07. The van der Waals surface area contributed by atoms with Gasteiger partial charge in [-0.25, -0.2) is 4.98 Å². The number of rotatable bonds is 2. The molecule has 1 aliphatic rings. The van der Waals surface area contributed by atoms with Crippen molar-refractivity contribution < 1.29 is 0 Å². The molecule has 17 heavy (non-hydrogen) atoms. The van der Waals surface area contributed by atoms with Crippen molar-refractivity contribution in [3.8, 4) is 0 Å². The summed E-state index contributed by atoms with van der Waals surface area (Å²) in [6.07, 6.45) is 1.25. The molecule has 3 rings (SSSR count). The number of nitrogens with two attached hydrogens (primary N) is 1. The molecule has 0 radical (unpaired) electrons. The van der Waals surface area contributed by atoms with Gasteiger partial charge in [0.25, 0.3) is 0 Å². The molecule has 1 atom stereocenters. The molecule has 1 saturated carbocycles. The van der Waals surface area contributed by atoms with Crippen LogP contribution in [0.5, 0.6) is 0 Å². The van der Waals surface area contributed by atoms with Gasteiger partial charge in [0.05, 0.1) is 16.1 Å². The maximum Gasteiger partial charge on any atom is 0.201 e. The van der Waals surface area contributed by atoms with E-state index in [4.69, 9.17) is 17.3 Å². The summed E-state index contributed by atoms with van der Waals surface area (Å²) in [5.74, 6) is 1.24. The summed E-state index contributed by atoms with van der Waals surface area (Å²) in [4.78, 5) is 4.36. The van der Waals surface area contributed by atoms with Crippen molar-refractivity contribution in [1.29, 1.82) is 0 Å². The molecule has 3 nitrogen and oxygen atoms in total. The van der Waals surface area contributed by atoms with E-state index in [1.165, 1.54) is 6.42 Å². The topological polar surface area (TPSA) is 43.8 Å². The van der Waals surface area contributed by atoms with Gasteiger partial charge in [-0.2, -0.15) is 0 Å². The van der Waals surface area contributed by atoms with Gasteiger partial charge in [0.1, 0.15) is 0 Å². The van der Waals surface area contributed by atoms with Gasteiger partial charge in [0.15, 0.2) is 0 Å². The molecule has 1 fully saturated rings. The Morgan fingerprint density at radius 2 is 2.24 bits per heavy atom. The zero-order chi connectivity index (χ0) is 12.2. The molecule has 0 aliphatic heterocycles. The van der Waals surface area contributed by atoms with Gasteiger partial charge in [0, 0.05) is 6.54 Å². The quantitative estimate of drug-likeness (QED) is 0.887. The Labute approximate surface area is 106 Å². The molecule has 0 spiro atoms. The zero-order valence-electron chi connectivity index (χ0n) is 10.1. The number of hydrogen-bond donors (Lipinski definition) is 1. The average Bonchev–Trinajstić information content (AvgIpc) is 2.69. The number of benzene rings is 1. The molecule has 0 bridgehead atoms. The number of aromatic nitrogens is 2. The molecule has 0 amide bonds. The van der Waals surface area contributed by atoms with E-state index in [0.29, 0.717) is 17.3 Å². The summed E-state index contributed by atoms with van der Waals surface area (Å²) >= 11 is 6.23. The molecule has 1 unspecified atom stereocenters. The second kappa shape index (κ2) is 3.39. The van der Waals surface area contributed by atoms with Crippen LogP contribution in [0, 0.1) is 11.3 Å². The average molecular weight is 250 g/mol. The lowest BCUT2D eigenvalue weighted by Gasteiger charge is -2.08. The molecule has 2 N–H and O–H groups in total. The van der Waals surface area contributed by atoms with E-state index in [9.17, 15) is 0 Å². The molecule has 90 valence electrons. The number of nitrogens with zero attached hydrogens (tertiary/aromatic N) is 2. The van der Waals surface area contributed by atoms with Crippen molar-refractivity contribution in [3.63, 3.8) is 0 Å².